The highest BCUT2D eigenvalue weighted by Gasteiger charge is 2.07. The lowest BCUT2D eigenvalue weighted by Gasteiger charge is -2.15. The minimum Gasteiger partial charge on any atom is -0.491 e. The van der Waals surface area contributed by atoms with Gasteiger partial charge < -0.3 is 10.1 Å². The van der Waals surface area contributed by atoms with E-state index in [1.165, 1.54) is 21.8 Å². The number of nitrogens with zero attached hydrogens (tertiary/aromatic N) is 1. The number of hydrogen-bond acceptors (Lipinski definition) is 4. The van der Waals surface area contributed by atoms with Crippen molar-refractivity contribution in [2.24, 2.45) is 0 Å². The average molecular weight is 300 g/mol. The minimum atomic E-state index is 0.194. The Balaban J connectivity index is 1.90. The lowest BCUT2D eigenvalue weighted by Crippen LogP contribution is -2.17. The SMILES string of the molecule is CC(C)Oc1ccc(C(C)NCc2ccc(C#N)s2)cc1. The molecule has 1 aromatic heterocycles. The van der Waals surface area contributed by atoms with E-state index in [2.05, 4.69) is 30.4 Å². The molecule has 0 saturated heterocycles. The molecule has 0 saturated carbocycles. The highest BCUT2D eigenvalue weighted by atomic mass is 32.1. The van der Waals surface area contributed by atoms with Gasteiger partial charge in [0, 0.05) is 17.5 Å². The predicted octanol–water partition coefficient (Wildman–Crippen LogP) is 4.26. The molecule has 0 aliphatic heterocycles. The first kappa shape index (κ1) is 15.6. The van der Waals surface area contributed by atoms with E-state index in [0.29, 0.717) is 0 Å². The van der Waals surface area contributed by atoms with E-state index >= 15 is 0 Å². The normalized spacial score (nSPS) is 12.1. The molecule has 0 spiro atoms. The first-order valence-electron chi connectivity index (χ1n) is 7.07. The summed E-state index contributed by atoms with van der Waals surface area (Å²) < 4.78 is 5.64. The summed E-state index contributed by atoms with van der Waals surface area (Å²) in [6, 6.07) is 14.5. The van der Waals surface area contributed by atoms with Crippen LogP contribution in [-0.4, -0.2) is 6.10 Å². The molecule has 1 atom stereocenters. The Morgan fingerprint density at radius 1 is 1.14 bits per heavy atom. The summed E-state index contributed by atoms with van der Waals surface area (Å²) in [5.74, 6) is 0.901. The van der Waals surface area contributed by atoms with Crippen LogP contribution >= 0.6 is 11.3 Å². The summed E-state index contributed by atoms with van der Waals surface area (Å²) in [6.45, 7) is 6.96. The molecule has 1 aromatic carbocycles. The van der Waals surface area contributed by atoms with Crippen molar-refractivity contribution in [3.05, 3.63) is 51.7 Å². The van der Waals surface area contributed by atoms with E-state index in [4.69, 9.17) is 10.00 Å². The highest BCUT2D eigenvalue weighted by Crippen LogP contribution is 2.20. The van der Waals surface area contributed by atoms with Gasteiger partial charge in [-0.3, -0.25) is 0 Å². The second kappa shape index (κ2) is 7.26. The van der Waals surface area contributed by atoms with Crippen molar-refractivity contribution in [2.75, 3.05) is 0 Å². The molecular formula is C17H20N2OS. The van der Waals surface area contributed by atoms with Gasteiger partial charge >= 0.3 is 0 Å². The summed E-state index contributed by atoms with van der Waals surface area (Å²) in [5.41, 5.74) is 1.23. The highest BCUT2D eigenvalue weighted by molar-refractivity contribution is 7.12. The first-order chi connectivity index (χ1) is 10.1. The Morgan fingerprint density at radius 3 is 2.43 bits per heavy atom. The van der Waals surface area contributed by atoms with Crippen LogP contribution in [0.25, 0.3) is 0 Å². The number of ether oxygens (including phenoxy) is 1. The van der Waals surface area contributed by atoms with Crippen molar-refractivity contribution < 1.29 is 4.74 Å². The van der Waals surface area contributed by atoms with Gasteiger partial charge in [0.15, 0.2) is 0 Å². The Labute approximate surface area is 130 Å². The van der Waals surface area contributed by atoms with Crippen LogP contribution in [0, 0.1) is 11.3 Å². The largest absolute Gasteiger partial charge is 0.491 e. The molecule has 4 heteroatoms. The van der Waals surface area contributed by atoms with E-state index < -0.39 is 0 Å². The van der Waals surface area contributed by atoms with E-state index in [1.807, 2.05) is 38.1 Å². The Kier molecular flexibility index (Phi) is 5.38. The number of hydrogen-bond donors (Lipinski definition) is 1. The molecule has 0 aliphatic rings. The molecule has 110 valence electrons. The van der Waals surface area contributed by atoms with Gasteiger partial charge in [-0.05, 0) is 50.6 Å². The quantitative estimate of drug-likeness (QED) is 0.867. The van der Waals surface area contributed by atoms with Crippen molar-refractivity contribution >= 4 is 11.3 Å². The van der Waals surface area contributed by atoms with E-state index in [1.54, 1.807) is 0 Å². The fraction of sp³-hybridized carbons (Fsp3) is 0.353. The topological polar surface area (TPSA) is 45.0 Å². The van der Waals surface area contributed by atoms with Gasteiger partial charge in [0.1, 0.15) is 16.7 Å². The zero-order valence-corrected chi connectivity index (χ0v) is 13.4. The van der Waals surface area contributed by atoms with Gasteiger partial charge in [-0.25, -0.2) is 0 Å². The lowest BCUT2D eigenvalue weighted by molar-refractivity contribution is 0.242. The lowest BCUT2D eigenvalue weighted by atomic mass is 10.1. The summed E-state index contributed by atoms with van der Waals surface area (Å²) in [6.07, 6.45) is 0.194. The maximum absolute atomic E-state index is 8.82. The van der Waals surface area contributed by atoms with Crippen LogP contribution in [0.2, 0.25) is 0 Å². The van der Waals surface area contributed by atoms with Crippen molar-refractivity contribution in [3.63, 3.8) is 0 Å². The molecular weight excluding hydrogens is 280 g/mol. The van der Waals surface area contributed by atoms with Gasteiger partial charge in [0.05, 0.1) is 6.10 Å². The summed E-state index contributed by atoms with van der Waals surface area (Å²) in [5, 5.41) is 12.3. The van der Waals surface area contributed by atoms with Crippen LogP contribution in [0.15, 0.2) is 36.4 Å². The molecule has 2 rings (SSSR count). The third kappa shape index (κ3) is 4.59. The van der Waals surface area contributed by atoms with Crippen LogP contribution in [-0.2, 0) is 6.54 Å². The number of rotatable bonds is 6. The Bertz CT molecular complexity index is 610. The fourth-order valence-corrected chi connectivity index (χ4v) is 2.77. The third-order valence-electron chi connectivity index (χ3n) is 3.11. The Hall–Kier alpha value is -1.83. The Morgan fingerprint density at radius 2 is 1.86 bits per heavy atom. The molecule has 1 unspecified atom stereocenters. The van der Waals surface area contributed by atoms with Gasteiger partial charge in [-0.1, -0.05) is 12.1 Å². The van der Waals surface area contributed by atoms with Gasteiger partial charge in [0.2, 0.25) is 0 Å². The van der Waals surface area contributed by atoms with Crippen LogP contribution in [0.1, 0.15) is 42.1 Å². The van der Waals surface area contributed by atoms with Gasteiger partial charge in [0.25, 0.3) is 0 Å². The smallest absolute Gasteiger partial charge is 0.119 e. The molecule has 0 aliphatic carbocycles. The molecule has 2 aromatic rings. The van der Waals surface area contributed by atoms with Crippen LogP contribution in [0.4, 0.5) is 0 Å². The molecule has 1 N–H and O–H groups in total. The zero-order chi connectivity index (χ0) is 15.2. The number of benzene rings is 1. The standard InChI is InChI=1S/C17H20N2OS/c1-12(2)20-15-6-4-14(5-7-15)13(3)19-11-17-9-8-16(10-18)21-17/h4-9,12-13,19H,11H2,1-3H3. The second-order valence-electron chi connectivity index (χ2n) is 5.22. The second-order valence-corrected chi connectivity index (χ2v) is 6.38. The molecule has 21 heavy (non-hydrogen) atoms. The van der Waals surface area contributed by atoms with Gasteiger partial charge in [-0.2, -0.15) is 5.26 Å². The van der Waals surface area contributed by atoms with Crippen molar-refractivity contribution in [2.45, 2.75) is 39.5 Å². The van der Waals surface area contributed by atoms with Crippen LogP contribution in [0.5, 0.6) is 5.75 Å². The molecule has 0 bridgehead atoms. The third-order valence-corrected chi connectivity index (χ3v) is 4.10. The summed E-state index contributed by atoms with van der Waals surface area (Å²) >= 11 is 1.54. The maximum Gasteiger partial charge on any atom is 0.119 e. The monoisotopic (exact) mass is 300 g/mol. The van der Waals surface area contributed by atoms with Crippen LogP contribution in [0.3, 0.4) is 0 Å². The van der Waals surface area contributed by atoms with E-state index in [9.17, 15) is 0 Å². The first-order valence-corrected chi connectivity index (χ1v) is 7.89. The number of thiophene rings is 1. The average Bonchev–Trinajstić information content (AvgIpc) is 2.93. The molecule has 1 heterocycles. The fourth-order valence-electron chi connectivity index (χ4n) is 2.01. The van der Waals surface area contributed by atoms with Crippen molar-refractivity contribution in [1.29, 1.82) is 5.26 Å². The van der Waals surface area contributed by atoms with Crippen molar-refractivity contribution in [3.8, 4) is 11.8 Å². The number of nitrogens with one attached hydrogen (secondary N) is 1. The van der Waals surface area contributed by atoms with Crippen LogP contribution < -0.4 is 10.1 Å². The zero-order valence-electron chi connectivity index (χ0n) is 12.6. The summed E-state index contributed by atoms with van der Waals surface area (Å²) in [4.78, 5) is 1.94. The molecule has 0 fully saturated rings. The van der Waals surface area contributed by atoms with E-state index in [0.717, 1.165) is 17.2 Å². The molecule has 0 amide bonds. The minimum absolute atomic E-state index is 0.194. The molecule has 3 nitrogen and oxygen atoms in total. The van der Waals surface area contributed by atoms with Gasteiger partial charge in [-0.15, -0.1) is 11.3 Å². The van der Waals surface area contributed by atoms with E-state index in [-0.39, 0.29) is 12.1 Å². The summed E-state index contributed by atoms with van der Waals surface area (Å²) in [7, 11) is 0. The molecule has 0 radical (unpaired) electrons. The van der Waals surface area contributed by atoms with Crippen molar-refractivity contribution in [1.82, 2.24) is 5.32 Å². The predicted molar refractivity (Wildman–Crippen MR) is 86.5 cm³/mol. The number of nitriles is 1. The maximum atomic E-state index is 8.82.